The number of unbranched alkanes of at least 4 members (excludes halogenated alkanes) is 33. The number of hydroxylamine groups is 2. The van der Waals surface area contributed by atoms with Gasteiger partial charge in [0.25, 0.3) is 8.32 Å². The molecule has 0 aliphatic carbocycles. The summed E-state index contributed by atoms with van der Waals surface area (Å²) in [5.74, 6) is 0.556. The number of amides is 1. The average Bonchev–Trinajstić information content (AvgIpc) is 3.62. The van der Waals surface area contributed by atoms with Crippen molar-refractivity contribution >= 4 is 46.3 Å². The normalized spacial score (nSPS) is 11.7. The van der Waals surface area contributed by atoms with Gasteiger partial charge in [-0.2, -0.15) is 0 Å². The Morgan fingerprint density at radius 1 is 0.449 bits per heavy atom. The summed E-state index contributed by atoms with van der Waals surface area (Å²) in [6, 6.07) is 21.9. The Labute approximate surface area is 494 Å². The van der Waals surface area contributed by atoms with Crippen LogP contribution in [0.15, 0.2) is 85.0 Å². The molecule has 1 amide bonds. The molecule has 0 fully saturated rings. The second-order valence-corrected chi connectivity index (χ2v) is 28.6. The van der Waals surface area contributed by atoms with E-state index in [4.69, 9.17) is 9.26 Å². The van der Waals surface area contributed by atoms with Crippen molar-refractivity contribution in [1.29, 1.82) is 0 Å². The maximum absolute atomic E-state index is 12.3. The Bertz CT molecular complexity index is 1580. The van der Waals surface area contributed by atoms with Gasteiger partial charge in [-0.15, -0.1) is 0 Å². The number of carbonyl (C=O) groups excluding carboxylic acids is 2. The van der Waals surface area contributed by atoms with Crippen molar-refractivity contribution in [2.75, 3.05) is 26.1 Å². The zero-order chi connectivity index (χ0) is 57.3. The molecule has 5 nitrogen and oxygen atoms in total. The van der Waals surface area contributed by atoms with Gasteiger partial charge < -0.3 is 4.43 Å². The first-order valence-electron chi connectivity index (χ1n) is 33.0. The second-order valence-electron chi connectivity index (χ2n) is 23.5. The van der Waals surface area contributed by atoms with Gasteiger partial charge in [0.15, 0.2) is 0 Å². The number of ketones is 1. The predicted octanol–water partition coefficient (Wildman–Crippen LogP) is 22.1. The molecule has 450 valence electrons. The van der Waals surface area contributed by atoms with Crippen LogP contribution in [0.5, 0.6) is 0 Å². The molecule has 0 spiro atoms. The predicted molar refractivity (Wildman–Crippen MR) is 351 cm³/mol. The maximum Gasteiger partial charge on any atom is 0.261 e. The molecule has 0 heterocycles. The van der Waals surface area contributed by atoms with Crippen LogP contribution in [-0.4, -0.2) is 51.2 Å². The van der Waals surface area contributed by atoms with Crippen molar-refractivity contribution in [3.8, 4) is 0 Å². The molecule has 7 heteroatoms. The summed E-state index contributed by atoms with van der Waals surface area (Å²) in [6.45, 7) is 14.6. The highest BCUT2D eigenvalue weighted by atomic mass is 79.9. The zero-order valence-electron chi connectivity index (χ0n) is 52.7. The first-order chi connectivity index (χ1) is 38.0. The van der Waals surface area contributed by atoms with Gasteiger partial charge in [-0.1, -0.05) is 309 Å². The van der Waals surface area contributed by atoms with Crippen LogP contribution in [0.2, 0.25) is 5.04 Å². The van der Waals surface area contributed by atoms with Gasteiger partial charge in [-0.25, -0.2) is 5.06 Å². The highest BCUT2D eigenvalue weighted by molar-refractivity contribution is 9.09. The highest BCUT2D eigenvalue weighted by Gasteiger charge is 2.49. The van der Waals surface area contributed by atoms with E-state index in [1.54, 1.807) is 7.05 Å². The number of alkyl halides is 1. The van der Waals surface area contributed by atoms with Crippen LogP contribution in [0.25, 0.3) is 0 Å². The van der Waals surface area contributed by atoms with Gasteiger partial charge in [0, 0.05) is 38.2 Å². The van der Waals surface area contributed by atoms with E-state index in [1.165, 1.54) is 246 Å². The van der Waals surface area contributed by atoms with Crippen LogP contribution < -0.4 is 10.4 Å². The first kappa shape index (κ1) is 75.7. The molecule has 0 saturated heterocycles. The Hall–Kier alpha value is -2.32. The van der Waals surface area contributed by atoms with E-state index in [9.17, 15) is 9.59 Å². The Morgan fingerprint density at radius 3 is 1.09 bits per heavy atom. The van der Waals surface area contributed by atoms with E-state index in [-0.39, 0.29) is 10.9 Å². The number of allylic oxidation sites excluding steroid dienone is 4. The molecule has 0 radical (unpaired) electrons. The first-order valence-corrected chi connectivity index (χ1v) is 36.0. The molecule has 0 atom stereocenters. The average molecular weight is 1170 g/mol. The number of halogens is 1. The minimum atomic E-state index is -2.42. The number of hydrogen-bond donors (Lipinski definition) is 0. The zero-order valence-corrected chi connectivity index (χ0v) is 55.2. The third-order valence-electron chi connectivity index (χ3n) is 15.3. The van der Waals surface area contributed by atoms with Crippen LogP contribution >= 0.6 is 15.9 Å². The van der Waals surface area contributed by atoms with Gasteiger partial charge in [-0.3, -0.25) is 14.4 Å². The van der Waals surface area contributed by atoms with E-state index >= 15 is 0 Å². The molecule has 0 bridgehead atoms. The molecule has 2 aromatic carbocycles. The van der Waals surface area contributed by atoms with E-state index in [0.717, 1.165) is 51.6 Å². The quantitative estimate of drug-likeness (QED) is 0.0218. The van der Waals surface area contributed by atoms with Crippen LogP contribution in [-0.2, 0) is 18.9 Å². The highest BCUT2D eigenvalue weighted by Crippen LogP contribution is 2.37. The van der Waals surface area contributed by atoms with Crippen LogP contribution in [0.1, 0.15) is 311 Å². The van der Waals surface area contributed by atoms with Crippen molar-refractivity contribution in [3.63, 3.8) is 0 Å². The van der Waals surface area contributed by atoms with Gasteiger partial charge in [0.2, 0.25) is 5.91 Å². The Morgan fingerprint density at radius 2 is 0.756 bits per heavy atom. The fraction of sp³-hybridized carbons (Fsp3) is 0.746. The number of hydrogen-bond acceptors (Lipinski definition) is 4. The molecule has 0 aliphatic heterocycles. The minimum Gasteiger partial charge on any atom is -0.407 e. The molecule has 0 aromatic heterocycles. The molecule has 0 aliphatic rings. The summed E-state index contributed by atoms with van der Waals surface area (Å²) < 4.78 is 7.02. The molecular formula is C71H126BrNO4Si. The van der Waals surface area contributed by atoms with E-state index in [2.05, 4.69) is 142 Å². The topological polar surface area (TPSA) is 55.8 Å². The van der Waals surface area contributed by atoms with E-state index < -0.39 is 8.32 Å². The molecule has 0 unspecified atom stereocenters. The lowest BCUT2D eigenvalue weighted by Gasteiger charge is -2.43. The third-order valence-corrected chi connectivity index (χ3v) is 20.9. The number of rotatable bonds is 50. The lowest BCUT2D eigenvalue weighted by molar-refractivity contribution is -0.168. The summed E-state index contributed by atoms with van der Waals surface area (Å²) in [5.41, 5.74) is 0. The number of carbonyl (C=O) groups is 2. The van der Waals surface area contributed by atoms with Gasteiger partial charge >= 0.3 is 0 Å². The molecular weight excluding hydrogens is 1040 g/mol. The lowest BCUT2D eigenvalue weighted by Crippen LogP contribution is -2.66. The fourth-order valence-corrected chi connectivity index (χ4v) is 15.3. The molecule has 0 saturated carbocycles. The molecule has 78 heavy (non-hydrogen) atoms. The largest absolute Gasteiger partial charge is 0.407 e. The Kier molecular flexibility index (Phi) is 54.9. The molecule has 2 aromatic rings. The van der Waals surface area contributed by atoms with Crippen molar-refractivity contribution < 1.29 is 18.9 Å². The number of nitrogens with zero attached hydrogens (tertiary/aromatic N) is 1. The van der Waals surface area contributed by atoms with E-state index in [1.807, 2.05) is 0 Å². The SMILES string of the molecule is CCCCCCC/C=C\CCCCCCCCC(=O)CCCCCCCCO[Si](c1ccccc1)(c1ccccc1)C(C)(C)C.CCCCCCC/C=C\CCCCCCCCC(=O)N(C)OC.CCCCCCCCCBr. The fourth-order valence-electron chi connectivity index (χ4n) is 10.3. The van der Waals surface area contributed by atoms with Crippen LogP contribution in [0, 0.1) is 0 Å². The molecule has 0 N–H and O–H groups in total. The Balaban J connectivity index is 0.00000148. The van der Waals surface area contributed by atoms with Crippen molar-refractivity contribution in [2.24, 2.45) is 0 Å². The second kappa shape index (κ2) is 56.5. The summed E-state index contributed by atoms with van der Waals surface area (Å²) >= 11 is 3.43. The van der Waals surface area contributed by atoms with Crippen molar-refractivity contribution in [3.05, 3.63) is 85.0 Å². The monoisotopic (exact) mass is 1160 g/mol. The summed E-state index contributed by atoms with van der Waals surface area (Å²) in [6.07, 6.45) is 62.1. The maximum atomic E-state index is 12.3. The smallest absolute Gasteiger partial charge is 0.261 e. The molecule has 2 rings (SSSR count). The van der Waals surface area contributed by atoms with Crippen LogP contribution in [0.4, 0.5) is 0 Å². The van der Waals surface area contributed by atoms with E-state index in [0.29, 0.717) is 12.2 Å². The standard InChI is InChI=1S/C42H68O2Si.C20H39NO2.C9H19Br/c1-5-6-7-8-9-10-11-12-13-14-15-16-17-20-25-32-39(43)33-26-21-18-19-22-31-38-44-45(42(2,3)4,40-34-27-23-28-35-40)41-36-29-24-30-37-41;1-4-5-6-7-8-9-10-11-12-13-14-15-16-17-18-19-20(22)21(2)23-3;1-2-3-4-5-6-7-8-9-10/h11-12,23-24,27-30,34-37H,5-10,13-22,25-26,31-33,38H2,1-4H3;10-11H,4-9,12-19H2,1-3H3;2-9H2,1H3/b12-11-;11-10-;. The van der Waals surface area contributed by atoms with Gasteiger partial charge in [0.05, 0.1) is 7.11 Å². The third kappa shape index (κ3) is 43.4. The number of Topliss-reactive ketones (excluding diaryl/α,β-unsaturated/α-hetero) is 1. The summed E-state index contributed by atoms with van der Waals surface area (Å²) in [5, 5.41) is 5.24. The van der Waals surface area contributed by atoms with Gasteiger partial charge in [-0.05, 0) is 98.9 Å². The van der Waals surface area contributed by atoms with Crippen LogP contribution in [0.3, 0.4) is 0 Å². The lowest BCUT2D eigenvalue weighted by atomic mass is 10.0. The van der Waals surface area contributed by atoms with Gasteiger partial charge in [0.1, 0.15) is 5.78 Å². The minimum absolute atomic E-state index is 0.0342. The van der Waals surface area contributed by atoms with Crippen molar-refractivity contribution in [2.45, 2.75) is 316 Å². The summed E-state index contributed by atoms with van der Waals surface area (Å²) in [4.78, 5) is 28.7. The summed E-state index contributed by atoms with van der Waals surface area (Å²) in [7, 11) is 0.778. The number of benzene rings is 2. The van der Waals surface area contributed by atoms with Crippen molar-refractivity contribution in [1.82, 2.24) is 5.06 Å².